The van der Waals surface area contributed by atoms with E-state index in [1.165, 1.54) is 12.1 Å². The minimum atomic E-state index is -0.213. The van der Waals surface area contributed by atoms with E-state index in [4.69, 9.17) is 0 Å². The van der Waals surface area contributed by atoms with E-state index in [9.17, 15) is 4.39 Å². The molecule has 112 valence electrons. The first-order valence-corrected chi connectivity index (χ1v) is 8.19. The summed E-state index contributed by atoms with van der Waals surface area (Å²) in [5.74, 6) is 2.16. The molecule has 0 amide bonds. The molecule has 0 unspecified atom stereocenters. The molecule has 1 N–H and O–H groups in total. The van der Waals surface area contributed by atoms with Gasteiger partial charge in [-0.3, -0.25) is 0 Å². The number of hydrogen-bond donors (Lipinski definition) is 1. The van der Waals surface area contributed by atoms with Gasteiger partial charge in [-0.05, 0) is 37.6 Å². The molecule has 0 saturated heterocycles. The third kappa shape index (κ3) is 5.01. The van der Waals surface area contributed by atoms with E-state index >= 15 is 0 Å². The van der Waals surface area contributed by atoms with Crippen molar-refractivity contribution >= 4 is 17.6 Å². The van der Waals surface area contributed by atoms with Gasteiger partial charge in [0.2, 0.25) is 0 Å². The number of benzene rings is 1. The van der Waals surface area contributed by atoms with Crippen LogP contribution >= 0.6 is 11.8 Å². The van der Waals surface area contributed by atoms with E-state index < -0.39 is 0 Å². The first kappa shape index (κ1) is 15.8. The molecule has 0 fully saturated rings. The molecule has 0 atom stereocenters. The van der Waals surface area contributed by atoms with Crippen LogP contribution in [0.15, 0.2) is 35.2 Å². The van der Waals surface area contributed by atoms with Crippen molar-refractivity contribution in [1.82, 2.24) is 9.97 Å². The maximum absolute atomic E-state index is 12.9. The number of thioether (sulfide) groups is 1. The molecular weight excluding hydrogens is 285 g/mol. The maximum Gasteiger partial charge on any atom is 0.141 e. The number of rotatable bonds is 7. The van der Waals surface area contributed by atoms with E-state index in [2.05, 4.69) is 29.1 Å². The summed E-state index contributed by atoms with van der Waals surface area (Å²) in [6.45, 7) is 5.03. The van der Waals surface area contributed by atoms with Crippen molar-refractivity contribution in [1.29, 1.82) is 0 Å². The Labute approximate surface area is 129 Å². The number of aromatic nitrogens is 2. The largest absolute Gasteiger partial charge is 0.370 e. The monoisotopic (exact) mass is 305 g/mol. The first-order chi connectivity index (χ1) is 10.2. The molecule has 0 aliphatic carbocycles. The maximum atomic E-state index is 12.9. The minimum Gasteiger partial charge on any atom is -0.370 e. The van der Waals surface area contributed by atoms with Crippen molar-refractivity contribution in [3.05, 3.63) is 47.7 Å². The van der Waals surface area contributed by atoms with Crippen LogP contribution in [0.25, 0.3) is 0 Å². The third-order valence-electron chi connectivity index (χ3n) is 2.87. The lowest BCUT2D eigenvalue weighted by Gasteiger charge is -2.08. The molecular formula is C16H20FN3S. The Morgan fingerprint density at radius 2 is 1.90 bits per heavy atom. The van der Waals surface area contributed by atoms with Crippen molar-refractivity contribution in [2.75, 3.05) is 11.9 Å². The van der Waals surface area contributed by atoms with Gasteiger partial charge in [-0.1, -0.05) is 13.3 Å². The zero-order valence-electron chi connectivity index (χ0n) is 12.4. The van der Waals surface area contributed by atoms with Gasteiger partial charge in [0.05, 0.1) is 5.75 Å². The van der Waals surface area contributed by atoms with Crippen LogP contribution in [-0.4, -0.2) is 16.5 Å². The number of nitrogens with one attached hydrogen (secondary N) is 1. The van der Waals surface area contributed by atoms with Gasteiger partial charge >= 0.3 is 0 Å². The molecule has 3 nitrogen and oxygen atoms in total. The fourth-order valence-corrected chi connectivity index (χ4v) is 2.70. The standard InChI is InChI=1S/C16H20FN3S/c1-3-5-13-10-15(18-4-2)20-16(19-13)11-21-14-8-6-12(17)7-9-14/h6-10H,3-5,11H2,1-2H3,(H,18,19,20). The average molecular weight is 305 g/mol. The number of aryl methyl sites for hydroxylation is 1. The van der Waals surface area contributed by atoms with Crippen LogP contribution in [0.2, 0.25) is 0 Å². The Morgan fingerprint density at radius 3 is 2.57 bits per heavy atom. The minimum absolute atomic E-state index is 0.213. The highest BCUT2D eigenvalue weighted by Gasteiger charge is 2.05. The average Bonchev–Trinajstić information content (AvgIpc) is 2.47. The molecule has 1 heterocycles. The van der Waals surface area contributed by atoms with Gasteiger partial charge in [0.15, 0.2) is 0 Å². The quantitative estimate of drug-likeness (QED) is 0.774. The van der Waals surface area contributed by atoms with Gasteiger partial charge in [0, 0.05) is 23.2 Å². The van der Waals surface area contributed by atoms with Crippen LogP contribution in [-0.2, 0) is 12.2 Å². The highest BCUT2D eigenvalue weighted by molar-refractivity contribution is 7.98. The van der Waals surface area contributed by atoms with Crippen LogP contribution in [0.3, 0.4) is 0 Å². The second-order valence-electron chi connectivity index (χ2n) is 4.68. The van der Waals surface area contributed by atoms with Gasteiger partial charge in [0.25, 0.3) is 0 Å². The molecule has 1 aromatic heterocycles. The summed E-state index contributed by atoms with van der Waals surface area (Å²) in [7, 11) is 0. The molecule has 21 heavy (non-hydrogen) atoms. The second kappa shape index (κ2) is 7.98. The predicted molar refractivity (Wildman–Crippen MR) is 86.2 cm³/mol. The molecule has 0 saturated carbocycles. The number of hydrogen-bond acceptors (Lipinski definition) is 4. The highest BCUT2D eigenvalue weighted by atomic mass is 32.2. The van der Waals surface area contributed by atoms with Gasteiger partial charge < -0.3 is 5.32 Å². The normalized spacial score (nSPS) is 10.6. The Balaban J connectivity index is 2.08. The summed E-state index contributed by atoms with van der Waals surface area (Å²) in [6, 6.07) is 8.52. The van der Waals surface area contributed by atoms with Gasteiger partial charge in [-0.25, -0.2) is 14.4 Å². The van der Waals surface area contributed by atoms with Crippen molar-refractivity contribution in [3.63, 3.8) is 0 Å². The Kier molecular flexibility index (Phi) is 5.99. The Hall–Kier alpha value is -1.62. The topological polar surface area (TPSA) is 37.8 Å². The highest BCUT2D eigenvalue weighted by Crippen LogP contribution is 2.22. The molecule has 2 aromatic rings. The number of anilines is 1. The Morgan fingerprint density at radius 1 is 1.14 bits per heavy atom. The first-order valence-electron chi connectivity index (χ1n) is 7.20. The number of nitrogens with zero attached hydrogens (tertiary/aromatic N) is 2. The van der Waals surface area contributed by atoms with Crippen LogP contribution in [0.5, 0.6) is 0 Å². The predicted octanol–water partition coefficient (Wildman–Crippen LogP) is 4.29. The van der Waals surface area contributed by atoms with E-state index in [0.29, 0.717) is 5.75 Å². The molecule has 0 bridgehead atoms. The van der Waals surface area contributed by atoms with E-state index in [-0.39, 0.29) is 5.82 Å². The van der Waals surface area contributed by atoms with Gasteiger partial charge in [-0.15, -0.1) is 11.8 Å². The second-order valence-corrected chi connectivity index (χ2v) is 5.73. The molecule has 0 aliphatic heterocycles. The fourth-order valence-electron chi connectivity index (χ4n) is 1.95. The van der Waals surface area contributed by atoms with Crippen molar-refractivity contribution < 1.29 is 4.39 Å². The summed E-state index contributed by atoms with van der Waals surface area (Å²) < 4.78 is 12.9. The Bertz CT molecular complexity index is 548. The number of halogens is 1. The van der Waals surface area contributed by atoms with Crippen molar-refractivity contribution in [2.45, 2.75) is 37.3 Å². The zero-order valence-corrected chi connectivity index (χ0v) is 13.2. The summed E-state index contributed by atoms with van der Waals surface area (Å²) in [5.41, 5.74) is 1.07. The van der Waals surface area contributed by atoms with Crippen molar-refractivity contribution in [3.8, 4) is 0 Å². The van der Waals surface area contributed by atoms with Gasteiger partial charge in [0.1, 0.15) is 17.5 Å². The molecule has 0 aliphatic rings. The zero-order chi connectivity index (χ0) is 15.1. The third-order valence-corrected chi connectivity index (χ3v) is 3.88. The lowest BCUT2D eigenvalue weighted by molar-refractivity contribution is 0.626. The smallest absolute Gasteiger partial charge is 0.141 e. The molecule has 5 heteroatoms. The summed E-state index contributed by atoms with van der Waals surface area (Å²) >= 11 is 1.62. The van der Waals surface area contributed by atoms with Crippen molar-refractivity contribution in [2.24, 2.45) is 0 Å². The van der Waals surface area contributed by atoms with Crippen LogP contribution < -0.4 is 5.32 Å². The molecule has 2 rings (SSSR count). The SMILES string of the molecule is CCCc1cc(NCC)nc(CSc2ccc(F)cc2)n1. The molecule has 0 spiro atoms. The van der Waals surface area contributed by atoms with Gasteiger partial charge in [-0.2, -0.15) is 0 Å². The van der Waals surface area contributed by atoms with E-state index in [1.54, 1.807) is 23.9 Å². The molecule has 0 radical (unpaired) electrons. The van der Waals surface area contributed by atoms with E-state index in [1.807, 2.05) is 6.07 Å². The van der Waals surface area contributed by atoms with Crippen LogP contribution in [0.4, 0.5) is 10.2 Å². The summed E-state index contributed by atoms with van der Waals surface area (Å²) in [5, 5.41) is 3.24. The van der Waals surface area contributed by atoms with Crippen LogP contribution in [0.1, 0.15) is 31.8 Å². The lowest BCUT2D eigenvalue weighted by atomic mass is 10.2. The summed E-state index contributed by atoms with van der Waals surface area (Å²) in [6.07, 6.45) is 2.02. The fraction of sp³-hybridized carbons (Fsp3) is 0.375. The molecule has 1 aromatic carbocycles. The van der Waals surface area contributed by atoms with E-state index in [0.717, 1.165) is 41.6 Å². The lowest BCUT2D eigenvalue weighted by Crippen LogP contribution is -2.05. The summed E-state index contributed by atoms with van der Waals surface area (Å²) in [4.78, 5) is 10.1. The van der Waals surface area contributed by atoms with Crippen LogP contribution in [0, 0.1) is 5.82 Å².